The van der Waals surface area contributed by atoms with E-state index in [0.717, 1.165) is 0 Å². The minimum atomic E-state index is 0.240. The number of aryl methyl sites for hydroxylation is 2. The van der Waals surface area contributed by atoms with Crippen molar-refractivity contribution < 1.29 is 0 Å². The number of fused-ring (bicyclic) bond motifs is 1. The van der Waals surface area contributed by atoms with Gasteiger partial charge in [0.2, 0.25) is 0 Å². The first-order chi connectivity index (χ1) is 7.93. The summed E-state index contributed by atoms with van der Waals surface area (Å²) in [5.74, 6) is 0.615. The zero-order valence-electron chi connectivity index (χ0n) is 11.8. The third-order valence-electron chi connectivity index (χ3n) is 4.60. The fraction of sp³-hybridized carbons (Fsp3) is 0.529. The summed E-state index contributed by atoms with van der Waals surface area (Å²) < 4.78 is 0. The van der Waals surface area contributed by atoms with Crippen molar-refractivity contribution in [3.05, 3.63) is 46.5 Å². The van der Waals surface area contributed by atoms with Crippen LogP contribution in [0.2, 0.25) is 0 Å². The van der Waals surface area contributed by atoms with E-state index in [9.17, 15) is 0 Å². The van der Waals surface area contributed by atoms with E-state index in [1.807, 2.05) is 0 Å². The highest BCUT2D eigenvalue weighted by atomic mass is 14.4. The molecule has 1 atom stereocenters. The summed E-state index contributed by atoms with van der Waals surface area (Å²) in [6, 6.07) is 6.98. The van der Waals surface area contributed by atoms with Gasteiger partial charge in [-0.15, -0.1) is 0 Å². The zero-order valence-corrected chi connectivity index (χ0v) is 11.8. The summed E-state index contributed by atoms with van der Waals surface area (Å²) in [4.78, 5) is 0. The normalized spacial score (nSPS) is 23.4. The molecule has 17 heavy (non-hydrogen) atoms. The Kier molecular flexibility index (Phi) is 3.16. The molecule has 1 aromatic rings. The van der Waals surface area contributed by atoms with Gasteiger partial charge >= 0.3 is 0 Å². The topological polar surface area (TPSA) is 0 Å². The van der Waals surface area contributed by atoms with Gasteiger partial charge in [-0.25, -0.2) is 0 Å². The summed E-state index contributed by atoms with van der Waals surface area (Å²) in [7, 11) is 0. The molecule has 0 heterocycles. The molecule has 0 nitrogen and oxygen atoms in total. The van der Waals surface area contributed by atoms with E-state index >= 15 is 0 Å². The largest absolute Gasteiger partial charge is 0.0850 e. The quantitative estimate of drug-likeness (QED) is 0.559. The fourth-order valence-electron chi connectivity index (χ4n) is 2.99. The Morgan fingerprint density at radius 3 is 2.59 bits per heavy atom. The molecular formula is C17H24. The first-order valence-electron chi connectivity index (χ1n) is 6.69. The summed E-state index contributed by atoms with van der Waals surface area (Å²) in [6.45, 7) is 11.6. The molecule has 0 aromatic heterocycles. The van der Waals surface area contributed by atoms with Crippen molar-refractivity contribution >= 4 is 0 Å². The van der Waals surface area contributed by atoms with Crippen molar-refractivity contribution in [2.24, 2.45) is 5.92 Å². The van der Waals surface area contributed by atoms with E-state index in [1.54, 1.807) is 16.7 Å². The maximum atomic E-state index is 2.43. The predicted octanol–water partition coefficient (Wildman–Crippen LogP) is 4.80. The van der Waals surface area contributed by atoms with Gasteiger partial charge in [0.25, 0.3) is 0 Å². The average molecular weight is 228 g/mol. The smallest absolute Gasteiger partial charge is 0.00382 e. The van der Waals surface area contributed by atoms with Gasteiger partial charge < -0.3 is 0 Å². The van der Waals surface area contributed by atoms with E-state index in [0.29, 0.717) is 5.92 Å². The molecule has 2 rings (SSSR count). The van der Waals surface area contributed by atoms with Crippen LogP contribution in [-0.2, 0) is 11.8 Å². The highest BCUT2D eigenvalue weighted by molar-refractivity contribution is 5.39. The van der Waals surface area contributed by atoms with Crippen LogP contribution in [0.15, 0.2) is 29.8 Å². The third-order valence-corrected chi connectivity index (χ3v) is 4.60. The molecular weight excluding hydrogens is 204 g/mol. The number of hydrogen-bond donors (Lipinski definition) is 0. The maximum Gasteiger partial charge on any atom is -0.00382 e. The predicted molar refractivity (Wildman–Crippen MR) is 75.4 cm³/mol. The first-order valence-corrected chi connectivity index (χ1v) is 6.69. The Labute approximate surface area is 106 Å². The van der Waals surface area contributed by atoms with E-state index in [-0.39, 0.29) is 5.41 Å². The average Bonchev–Trinajstić information content (AvgIpc) is 2.26. The summed E-state index contributed by atoms with van der Waals surface area (Å²) >= 11 is 0. The SMILES string of the molecule is CC1=CCCc2cc(C)ccc2C(C)(C)C1C. The van der Waals surface area contributed by atoms with Crippen LogP contribution in [0.25, 0.3) is 0 Å². The van der Waals surface area contributed by atoms with Crippen molar-refractivity contribution in [3.63, 3.8) is 0 Å². The minimum Gasteiger partial charge on any atom is -0.0850 e. The zero-order chi connectivity index (χ0) is 12.6. The van der Waals surface area contributed by atoms with Crippen LogP contribution >= 0.6 is 0 Å². The second kappa shape index (κ2) is 4.33. The Hall–Kier alpha value is -1.04. The van der Waals surface area contributed by atoms with Crippen molar-refractivity contribution in [3.8, 4) is 0 Å². The second-order valence-corrected chi connectivity index (χ2v) is 6.09. The fourth-order valence-corrected chi connectivity index (χ4v) is 2.99. The van der Waals surface area contributed by atoms with Crippen LogP contribution in [0, 0.1) is 12.8 Å². The van der Waals surface area contributed by atoms with Crippen molar-refractivity contribution in [1.82, 2.24) is 0 Å². The molecule has 1 unspecified atom stereocenters. The van der Waals surface area contributed by atoms with Crippen molar-refractivity contribution in [2.75, 3.05) is 0 Å². The van der Waals surface area contributed by atoms with Crippen LogP contribution in [0.1, 0.15) is 50.8 Å². The van der Waals surface area contributed by atoms with E-state index in [2.05, 4.69) is 58.9 Å². The number of benzene rings is 1. The lowest BCUT2D eigenvalue weighted by Crippen LogP contribution is -2.29. The molecule has 0 heteroatoms. The van der Waals surface area contributed by atoms with Crippen molar-refractivity contribution in [2.45, 2.75) is 52.9 Å². The van der Waals surface area contributed by atoms with Crippen LogP contribution in [0.4, 0.5) is 0 Å². The minimum absolute atomic E-state index is 0.240. The van der Waals surface area contributed by atoms with Crippen LogP contribution in [0.5, 0.6) is 0 Å². The van der Waals surface area contributed by atoms with Gasteiger partial charge in [0.15, 0.2) is 0 Å². The molecule has 0 N–H and O–H groups in total. The second-order valence-electron chi connectivity index (χ2n) is 6.09. The summed E-state index contributed by atoms with van der Waals surface area (Å²) in [6.07, 6.45) is 4.80. The Balaban J connectivity index is 2.56. The monoisotopic (exact) mass is 228 g/mol. The highest BCUT2D eigenvalue weighted by Gasteiger charge is 2.31. The van der Waals surface area contributed by atoms with Crippen LogP contribution < -0.4 is 0 Å². The van der Waals surface area contributed by atoms with Crippen LogP contribution in [-0.4, -0.2) is 0 Å². The molecule has 0 fully saturated rings. The molecule has 0 spiro atoms. The first kappa shape index (κ1) is 12.4. The summed E-state index contributed by atoms with van der Waals surface area (Å²) in [5.41, 5.74) is 6.26. The van der Waals surface area contributed by atoms with Gasteiger partial charge in [0, 0.05) is 0 Å². The molecule has 0 saturated carbocycles. The van der Waals surface area contributed by atoms with E-state index < -0.39 is 0 Å². The molecule has 1 aromatic carbocycles. The molecule has 1 aliphatic rings. The highest BCUT2D eigenvalue weighted by Crippen LogP contribution is 2.39. The van der Waals surface area contributed by atoms with Gasteiger partial charge in [-0.1, -0.05) is 56.2 Å². The molecule has 0 aliphatic heterocycles. The van der Waals surface area contributed by atoms with E-state index in [4.69, 9.17) is 0 Å². The Morgan fingerprint density at radius 2 is 1.88 bits per heavy atom. The summed E-state index contributed by atoms with van der Waals surface area (Å²) in [5, 5.41) is 0. The molecule has 92 valence electrons. The Morgan fingerprint density at radius 1 is 1.18 bits per heavy atom. The van der Waals surface area contributed by atoms with Crippen molar-refractivity contribution in [1.29, 1.82) is 0 Å². The van der Waals surface area contributed by atoms with Gasteiger partial charge in [0.05, 0.1) is 0 Å². The van der Waals surface area contributed by atoms with Gasteiger partial charge in [0.1, 0.15) is 0 Å². The molecule has 1 aliphatic carbocycles. The Bertz CT molecular complexity index is 449. The lowest BCUT2D eigenvalue weighted by Gasteiger charge is -2.36. The van der Waals surface area contributed by atoms with Gasteiger partial charge in [-0.3, -0.25) is 0 Å². The maximum absolute atomic E-state index is 2.43. The number of allylic oxidation sites excluding steroid dienone is 2. The van der Waals surface area contributed by atoms with E-state index in [1.165, 1.54) is 18.4 Å². The van der Waals surface area contributed by atoms with Gasteiger partial charge in [-0.2, -0.15) is 0 Å². The van der Waals surface area contributed by atoms with Gasteiger partial charge in [-0.05, 0) is 49.1 Å². The molecule has 0 amide bonds. The number of rotatable bonds is 0. The molecule has 0 bridgehead atoms. The third kappa shape index (κ3) is 2.18. The standard InChI is InChI=1S/C17H24/c1-12-9-10-16-15(11-12)8-6-7-13(2)14(3)17(16,4)5/h7,9-11,14H,6,8H2,1-5H3. The molecule has 0 radical (unpaired) electrons. The molecule has 0 saturated heterocycles. The lowest BCUT2D eigenvalue weighted by atomic mass is 9.68. The van der Waals surface area contributed by atoms with Crippen LogP contribution in [0.3, 0.4) is 0 Å². The lowest BCUT2D eigenvalue weighted by molar-refractivity contribution is 0.384. The number of hydrogen-bond acceptors (Lipinski definition) is 0.